The summed E-state index contributed by atoms with van der Waals surface area (Å²) in [6.07, 6.45) is 0.896. The third-order valence-electron chi connectivity index (χ3n) is 4.53. The minimum atomic E-state index is 0. The molecule has 0 aliphatic carbocycles. The predicted molar refractivity (Wildman–Crippen MR) is 126 cm³/mol. The number of carbonyl (C=O) groups excluding carboxylic acids is 1. The number of amides is 1. The predicted octanol–water partition coefficient (Wildman–Crippen LogP) is 3.01. The van der Waals surface area contributed by atoms with Crippen LogP contribution < -0.4 is 10.1 Å². The molecule has 0 atom stereocenters. The first-order chi connectivity index (χ1) is 13.0. The molecule has 0 bridgehead atoms. The molecule has 0 radical (unpaired) electrons. The molecule has 158 valence electrons. The van der Waals surface area contributed by atoms with Crippen LogP contribution in [0, 0.1) is 5.92 Å². The monoisotopic (exact) mass is 502 g/mol. The number of benzene rings is 1. The smallest absolute Gasteiger partial charge is 0.219 e. The molecule has 1 N–H and O–H groups in total. The average molecular weight is 502 g/mol. The van der Waals surface area contributed by atoms with Crippen molar-refractivity contribution in [2.24, 2.45) is 10.9 Å². The van der Waals surface area contributed by atoms with Gasteiger partial charge in [0.2, 0.25) is 5.91 Å². The van der Waals surface area contributed by atoms with Gasteiger partial charge in [0, 0.05) is 46.2 Å². The molecule has 0 saturated carbocycles. The number of piperazine rings is 1. The highest BCUT2D eigenvalue weighted by atomic mass is 127. The number of aliphatic imine (C=N–C) groups is 1. The number of hydrogen-bond donors (Lipinski definition) is 1. The van der Waals surface area contributed by atoms with Crippen molar-refractivity contribution in [3.05, 3.63) is 29.8 Å². The van der Waals surface area contributed by atoms with Crippen molar-refractivity contribution in [1.29, 1.82) is 0 Å². The summed E-state index contributed by atoms with van der Waals surface area (Å²) in [5.41, 5.74) is 1.26. The molecule has 1 fully saturated rings. The van der Waals surface area contributed by atoms with Crippen LogP contribution in [0.3, 0.4) is 0 Å². The van der Waals surface area contributed by atoms with Crippen LogP contribution in [0.5, 0.6) is 5.75 Å². The highest BCUT2D eigenvalue weighted by Gasteiger charge is 2.20. The fourth-order valence-corrected chi connectivity index (χ4v) is 2.97. The maximum absolute atomic E-state index is 11.5. The first kappa shape index (κ1) is 24.5. The van der Waals surface area contributed by atoms with Gasteiger partial charge in [0.05, 0.1) is 6.61 Å². The van der Waals surface area contributed by atoms with Crippen LogP contribution in [0.2, 0.25) is 0 Å². The molecule has 0 aromatic heterocycles. The van der Waals surface area contributed by atoms with E-state index < -0.39 is 0 Å². The molecular weight excluding hydrogens is 467 g/mol. The van der Waals surface area contributed by atoms with E-state index in [9.17, 15) is 4.79 Å². The van der Waals surface area contributed by atoms with E-state index in [4.69, 9.17) is 9.73 Å². The second kappa shape index (κ2) is 12.9. The summed E-state index contributed by atoms with van der Waals surface area (Å²) in [7, 11) is 0. The molecule has 2 rings (SSSR count). The molecule has 6 nitrogen and oxygen atoms in total. The van der Waals surface area contributed by atoms with Gasteiger partial charge >= 0.3 is 0 Å². The van der Waals surface area contributed by atoms with Crippen molar-refractivity contribution in [3.63, 3.8) is 0 Å². The van der Waals surface area contributed by atoms with Gasteiger partial charge < -0.3 is 19.9 Å². The van der Waals surface area contributed by atoms with Crippen molar-refractivity contribution in [2.75, 3.05) is 45.9 Å². The Hall–Kier alpha value is -1.51. The molecule has 1 aliphatic heterocycles. The number of nitrogens with zero attached hydrogens (tertiary/aromatic N) is 3. The van der Waals surface area contributed by atoms with Gasteiger partial charge in [-0.1, -0.05) is 26.0 Å². The Morgan fingerprint density at radius 1 is 1.14 bits per heavy atom. The van der Waals surface area contributed by atoms with Gasteiger partial charge in [-0.05, 0) is 37.0 Å². The molecule has 1 saturated heterocycles. The Labute approximate surface area is 186 Å². The number of guanidine groups is 1. The second-order valence-corrected chi connectivity index (χ2v) is 7.33. The summed E-state index contributed by atoms with van der Waals surface area (Å²) in [4.78, 5) is 20.4. The van der Waals surface area contributed by atoms with Gasteiger partial charge in [-0.2, -0.15) is 0 Å². The second-order valence-electron chi connectivity index (χ2n) is 7.33. The molecule has 1 aromatic rings. The number of carbonyl (C=O) groups is 1. The highest BCUT2D eigenvalue weighted by Crippen LogP contribution is 2.14. The third-order valence-corrected chi connectivity index (χ3v) is 4.53. The fraction of sp³-hybridized carbons (Fsp3) is 0.619. The standard InChI is InChI=1S/C21H34N4O2.HI/c1-5-22-21(25-14-12-24(13-15-25)18(4)26)23-11-10-19-6-8-20(9-7-19)27-16-17(2)3;/h6-9,17H,5,10-16H2,1-4H3,(H,22,23);1H. The first-order valence-electron chi connectivity index (χ1n) is 10.00. The van der Waals surface area contributed by atoms with Crippen LogP contribution in [-0.2, 0) is 11.2 Å². The highest BCUT2D eigenvalue weighted by molar-refractivity contribution is 14.0. The van der Waals surface area contributed by atoms with E-state index in [-0.39, 0.29) is 29.9 Å². The summed E-state index contributed by atoms with van der Waals surface area (Å²) in [5.74, 6) is 2.54. The van der Waals surface area contributed by atoms with Crippen LogP contribution in [0.4, 0.5) is 0 Å². The topological polar surface area (TPSA) is 57.2 Å². The van der Waals surface area contributed by atoms with E-state index in [1.807, 2.05) is 17.0 Å². The first-order valence-corrected chi connectivity index (χ1v) is 10.00. The molecule has 28 heavy (non-hydrogen) atoms. The van der Waals surface area contributed by atoms with E-state index >= 15 is 0 Å². The minimum Gasteiger partial charge on any atom is -0.493 e. The lowest BCUT2D eigenvalue weighted by atomic mass is 10.1. The third kappa shape index (κ3) is 8.24. The van der Waals surface area contributed by atoms with Crippen molar-refractivity contribution in [2.45, 2.75) is 34.1 Å². The molecule has 7 heteroatoms. The lowest BCUT2D eigenvalue weighted by molar-refractivity contribution is -0.130. The van der Waals surface area contributed by atoms with Gasteiger partial charge in [-0.25, -0.2) is 0 Å². The summed E-state index contributed by atoms with van der Waals surface area (Å²) in [6, 6.07) is 8.30. The van der Waals surface area contributed by atoms with Gasteiger partial charge in [-0.3, -0.25) is 9.79 Å². The van der Waals surface area contributed by atoms with E-state index in [1.165, 1.54) is 5.56 Å². The van der Waals surface area contributed by atoms with Gasteiger partial charge in [-0.15, -0.1) is 24.0 Å². The van der Waals surface area contributed by atoms with Crippen LogP contribution >= 0.6 is 24.0 Å². The normalized spacial score (nSPS) is 14.7. The zero-order valence-corrected chi connectivity index (χ0v) is 19.9. The van der Waals surface area contributed by atoms with Gasteiger partial charge in [0.25, 0.3) is 0 Å². The van der Waals surface area contributed by atoms with Crippen molar-refractivity contribution in [1.82, 2.24) is 15.1 Å². The molecule has 1 aliphatic rings. The molecule has 1 amide bonds. The lowest BCUT2D eigenvalue weighted by Gasteiger charge is -2.36. The molecular formula is C21H35IN4O2. The summed E-state index contributed by atoms with van der Waals surface area (Å²) < 4.78 is 5.73. The summed E-state index contributed by atoms with van der Waals surface area (Å²) >= 11 is 0. The van der Waals surface area contributed by atoms with E-state index in [0.717, 1.165) is 64.0 Å². The van der Waals surface area contributed by atoms with E-state index in [1.54, 1.807) is 6.92 Å². The van der Waals surface area contributed by atoms with Crippen LogP contribution in [0.15, 0.2) is 29.3 Å². The van der Waals surface area contributed by atoms with Crippen molar-refractivity contribution < 1.29 is 9.53 Å². The molecule has 0 spiro atoms. The Balaban J connectivity index is 0.00000392. The van der Waals surface area contributed by atoms with E-state index in [0.29, 0.717) is 5.92 Å². The summed E-state index contributed by atoms with van der Waals surface area (Å²) in [6.45, 7) is 13.5. The quantitative estimate of drug-likeness (QED) is 0.354. The number of nitrogens with one attached hydrogen (secondary N) is 1. The minimum absolute atomic E-state index is 0. The zero-order valence-electron chi connectivity index (χ0n) is 17.6. The van der Waals surface area contributed by atoms with Crippen LogP contribution in [0.25, 0.3) is 0 Å². The van der Waals surface area contributed by atoms with E-state index in [2.05, 4.69) is 43.1 Å². The number of rotatable bonds is 7. The molecule has 1 aromatic carbocycles. The summed E-state index contributed by atoms with van der Waals surface area (Å²) in [5, 5.41) is 3.37. The Morgan fingerprint density at radius 2 is 1.75 bits per heavy atom. The maximum atomic E-state index is 11.5. The Bertz CT molecular complexity index is 611. The molecule has 0 unspecified atom stereocenters. The lowest BCUT2D eigenvalue weighted by Crippen LogP contribution is -2.53. The fourth-order valence-electron chi connectivity index (χ4n) is 2.97. The van der Waals surface area contributed by atoms with Crippen LogP contribution in [-0.4, -0.2) is 67.5 Å². The largest absolute Gasteiger partial charge is 0.493 e. The van der Waals surface area contributed by atoms with Crippen molar-refractivity contribution in [3.8, 4) is 5.75 Å². The van der Waals surface area contributed by atoms with Crippen LogP contribution in [0.1, 0.15) is 33.3 Å². The zero-order chi connectivity index (χ0) is 19.6. The average Bonchev–Trinajstić information content (AvgIpc) is 2.66. The maximum Gasteiger partial charge on any atom is 0.219 e. The number of hydrogen-bond acceptors (Lipinski definition) is 3. The SMILES string of the molecule is CCNC(=NCCc1ccc(OCC(C)C)cc1)N1CCN(C(C)=O)CC1.I. The van der Waals surface area contributed by atoms with Gasteiger partial charge in [0.15, 0.2) is 5.96 Å². The number of ether oxygens (including phenoxy) is 1. The van der Waals surface area contributed by atoms with Crippen molar-refractivity contribution >= 4 is 35.8 Å². The Morgan fingerprint density at radius 3 is 2.29 bits per heavy atom. The Kier molecular flexibility index (Phi) is 11.3. The van der Waals surface area contributed by atoms with Gasteiger partial charge in [0.1, 0.15) is 5.75 Å². The molecule has 1 heterocycles. The number of halogens is 1.